The van der Waals surface area contributed by atoms with Crippen LogP contribution in [0.15, 0.2) is 24.3 Å². The molecule has 2 heterocycles. The van der Waals surface area contributed by atoms with E-state index in [1.54, 1.807) is 7.11 Å². The third kappa shape index (κ3) is 5.23. The third-order valence-electron chi connectivity index (χ3n) is 5.53. The molecule has 2 saturated heterocycles. The standard InChI is InChI=1S/C21H32N4O3/c1-14(2)24-20(26)9-6-17-12-23-21(27)19-10-16(13-25(17)19)22-11-15-4-7-18(28-3)8-5-15/h4-5,7-8,14,16-17,19,22H,6,9-13H2,1-3H3,(H,23,27)(H,24,26). The Balaban J connectivity index is 1.52. The van der Waals surface area contributed by atoms with Crippen LogP contribution >= 0.6 is 0 Å². The zero-order valence-electron chi connectivity index (χ0n) is 17.0. The van der Waals surface area contributed by atoms with E-state index in [1.165, 1.54) is 5.56 Å². The van der Waals surface area contributed by atoms with E-state index in [0.29, 0.717) is 13.0 Å². The van der Waals surface area contributed by atoms with Crippen molar-refractivity contribution >= 4 is 11.8 Å². The first-order valence-corrected chi connectivity index (χ1v) is 10.2. The molecule has 0 saturated carbocycles. The summed E-state index contributed by atoms with van der Waals surface area (Å²) in [4.78, 5) is 26.6. The van der Waals surface area contributed by atoms with Crippen molar-refractivity contribution in [1.82, 2.24) is 20.9 Å². The number of nitrogens with one attached hydrogen (secondary N) is 3. The molecule has 3 rings (SSSR count). The Bertz CT molecular complexity index is 677. The van der Waals surface area contributed by atoms with E-state index in [1.807, 2.05) is 26.0 Å². The molecular weight excluding hydrogens is 356 g/mol. The van der Waals surface area contributed by atoms with Crippen molar-refractivity contribution in [3.05, 3.63) is 29.8 Å². The fourth-order valence-corrected chi connectivity index (χ4v) is 4.09. The maximum absolute atomic E-state index is 12.3. The quantitative estimate of drug-likeness (QED) is 0.620. The van der Waals surface area contributed by atoms with Crippen LogP contribution in [0.25, 0.3) is 0 Å². The van der Waals surface area contributed by atoms with Gasteiger partial charge in [-0.15, -0.1) is 0 Å². The van der Waals surface area contributed by atoms with Gasteiger partial charge in [-0.25, -0.2) is 0 Å². The van der Waals surface area contributed by atoms with Gasteiger partial charge in [0.1, 0.15) is 5.75 Å². The lowest BCUT2D eigenvalue weighted by Crippen LogP contribution is -2.58. The predicted molar refractivity (Wildman–Crippen MR) is 108 cm³/mol. The number of nitrogens with zero attached hydrogens (tertiary/aromatic N) is 1. The molecule has 0 bridgehead atoms. The topological polar surface area (TPSA) is 82.7 Å². The van der Waals surface area contributed by atoms with Gasteiger partial charge in [-0.2, -0.15) is 0 Å². The molecule has 28 heavy (non-hydrogen) atoms. The highest BCUT2D eigenvalue weighted by atomic mass is 16.5. The summed E-state index contributed by atoms with van der Waals surface area (Å²) in [6.07, 6.45) is 2.06. The number of carbonyl (C=O) groups excluding carboxylic acids is 2. The van der Waals surface area contributed by atoms with Crippen LogP contribution in [0.2, 0.25) is 0 Å². The largest absolute Gasteiger partial charge is 0.497 e. The summed E-state index contributed by atoms with van der Waals surface area (Å²) in [7, 11) is 1.66. The van der Waals surface area contributed by atoms with E-state index >= 15 is 0 Å². The van der Waals surface area contributed by atoms with Gasteiger partial charge >= 0.3 is 0 Å². The Labute approximate surface area is 167 Å². The van der Waals surface area contributed by atoms with Crippen molar-refractivity contribution in [2.75, 3.05) is 20.2 Å². The number of rotatable bonds is 8. The van der Waals surface area contributed by atoms with E-state index in [2.05, 4.69) is 33.0 Å². The van der Waals surface area contributed by atoms with Crippen molar-refractivity contribution in [2.45, 2.75) is 63.8 Å². The van der Waals surface area contributed by atoms with E-state index in [9.17, 15) is 9.59 Å². The van der Waals surface area contributed by atoms with E-state index < -0.39 is 0 Å². The Morgan fingerprint density at radius 2 is 2.07 bits per heavy atom. The summed E-state index contributed by atoms with van der Waals surface area (Å²) in [5, 5.41) is 9.54. The van der Waals surface area contributed by atoms with Gasteiger partial charge in [0, 0.05) is 44.2 Å². The first kappa shape index (κ1) is 20.6. The van der Waals surface area contributed by atoms with E-state index in [-0.39, 0.29) is 36.0 Å². The van der Waals surface area contributed by atoms with Gasteiger partial charge < -0.3 is 20.7 Å². The third-order valence-corrected chi connectivity index (χ3v) is 5.53. The lowest BCUT2D eigenvalue weighted by Gasteiger charge is -2.37. The number of carbonyl (C=O) groups is 2. The lowest BCUT2D eigenvalue weighted by atomic mass is 10.0. The second-order valence-corrected chi connectivity index (χ2v) is 8.03. The lowest BCUT2D eigenvalue weighted by molar-refractivity contribution is -0.129. The van der Waals surface area contributed by atoms with Crippen molar-refractivity contribution in [1.29, 1.82) is 0 Å². The number of methoxy groups -OCH3 is 1. The molecule has 0 aliphatic carbocycles. The molecule has 154 valence electrons. The van der Waals surface area contributed by atoms with Crippen LogP contribution in [0.5, 0.6) is 5.75 Å². The maximum atomic E-state index is 12.3. The minimum absolute atomic E-state index is 0.0804. The van der Waals surface area contributed by atoms with Crippen molar-refractivity contribution in [2.24, 2.45) is 0 Å². The van der Waals surface area contributed by atoms with Gasteiger partial charge in [0.2, 0.25) is 11.8 Å². The molecule has 0 spiro atoms. The van der Waals surface area contributed by atoms with Crippen LogP contribution in [0.4, 0.5) is 0 Å². The van der Waals surface area contributed by atoms with Crippen molar-refractivity contribution in [3.63, 3.8) is 0 Å². The molecule has 2 fully saturated rings. The Morgan fingerprint density at radius 3 is 2.75 bits per heavy atom. The van der Waals surface area contributed by atoms with Gasteiger partial charge in [0.25, 0.3) is 0 Å². The summed E-state index contributed by atoms with van der Waals surface area (Å²) >= 11 is 0. The normalized spacial score (nSPS) is 24.7. The molecular formula is C21H32N4O3. The first-order chi connectivity index (χ1) is 13.5. The molecule has 7 heteroatoms. The summed E-state index contributed by atoms with van der Waals surface area (Å²) in [6, 6.07) is 8.57. The van der Waals surface area contributed by atoms with Crippen LogP contribution in [0, 0.1) is 0 Å². The number of benzene rings is 1. The number of hydrogen-bond acceptors (Lipinski definition) is 5. The average Bonchev–Trinajstić information content (AvgIpc) is 3.11. The Morgan fingerprint density at radius 1 is 1.32 bits per heavy atom. The molecule has 3 atom stereocenters. The maximum Gasteiger partial charge on any atom is 0.237 e. The van der Waals surface area contributed by atoms with Crippen LogP contribution in [0.3, 0.4) is 0 Å². The van der Waals surface area contributed by atoms with E-state index in [0.717, 1.165) is 31.7 Å². The van der Waals surface area contributed by atoms with Crippen molar-refractivity contribution in [3.8, 4) is 5.75 Å². The van der Waals surface area contributed by atoms with Gasteiger partial charge in [-0.1, -0.05) is 12.1 Å². The summed E-state index contributed by atoms with van der Waals surface area (Å²) in [5.74, 6) is 1.04. The molecule has 3 unspecified atom stereocenters. The fourth-order valence-electron chi connectivity index (χ4n) is 4.09. The second-order valence-electron chi connectivity index (χ2n) is 8.03. The SMILES string of the molecule is COc1ccc(CNC2CC3C(=O)NCC(CCC(=O)NC(C)C)N3C2)cc1. The molecule has 2 aliphatic heterocycles. The molecule has 3 N–H and O–H groups in total. The minimum atomic E-state index is -0.0970. The Kier molecular flexibility index (Phi) is 6.91. The first-order valence-electron chi connectivity index (χ1n) is 10.2. The monoisotopic (exact) mass is 388 g/mol. The molecule has 7 nitrogen and oxygen atoms in total. The van der Waals surface area contributed by atoms with Gasteiger partial charge in [0.15, 0.2) is 0 Å². The average molecular weight is 389 g/mol. The summed E-state index contributed by atoms with van der Waals surface area (Å²) in [6.45, 7) is 6.15. The highest BCUT2D eigenvalue weighted by molar-refractivity contribution is 5.83. The second kappa shape index (κ2) is 9.39. The zero-order chi connectivity index (χ0) is 20.1. The summed E-state index contributed by atoms with van der Waals surface area (Å²) < 4.78 is 5.20. The number of hydrogen-bond donors (Lipinski definition) is 3. The Hall–Kier alpha value is -2.12. The minimum Gasteiger partial charge on any atom is -0.497 e. The van der Waals surface area contributed by atoms with Crippen LogP contribution in [-0.4, -0.2) is 61.1 Å². The molecule has 2 aliphatic rings. The van der Waals surface area contributed by atoms with Crippen molar-refractivity contribution < 1.29 is 14.3 Å². The molecule has 1 aromatic rings. The number of fused-ring (bicyclic) bond motifs is 1. The van der Waals surface area contributed by atoms with Gasteiger partial charge in [0.05, 0.1) is 13.2 Å². The smallest absolute Gasteiger partial charge is 0.237 e. The molecule has 0 aromatic heterocycles. The van der Waals surface area contributed by atoms with Gasteiger partial charge in [-0.3, -0.25) is 14.5 Å². The fraction of sp³-hybridized carbons (Fsp3) is 0.619. The zero-order valence-corrected chi connectivity index (χ0v) is 17.0. The highest BCUT2D eigenvalue weighted by Crippen LogP contribution is 2.26. The molecule has 2 amide bonds. The molecule has 1 aromatic carbocycles. The van der Waals surface area contributed by atoms with E-state index in [4.69, 9.17) is 4.74 Å². The highest BCUT2D eigenvalue weighted by Gasteiger charge is 2.43. The number of ether oxygens (including phenoxy) is 1. The number of piperazine rings is 1. The summed E-state index contributed by atoms with van der Waals surface area (Å²) in [5.41, 5.74) is 1.19. The predicted octanol–water partition coefficient (Wildman–Crippen LogP) is 1.03. The number of amides is 2. The molecule has 0 radical (unpaired) electrons. The van der Waals surface area contributed by atoms with Gasteiger partial charge in [-0.05, 0) is 44.4 Å². The van der Waals surface area contributed by atoms with Crippen LogP contribution in [0.1, 0.15) is 38.7 Å². The van der Waals surface area contributed by atoms with Crippen LogP contribution in [-0.2, 0) is 16.1 Å². The van der Waals surface area contributed by atoms with Crippen LogP contribution < -0.4 is 20.7 Å².